The van der Waals surface area contributed by atoms with Crippen LogP contribution in [-0.2, 0) is 4.74 Å². The van der Waals surface area contributed by atoms with Gasteiger partial charge < -0.3 is 24.4 Å². The number of aromatic nitrogens is 2. The number of rotatable bonds is 8. The van der Waals surface area contributed by atoms with Gasteiger partial charge in [-0.3, -0.25) is 9.36 Å². The summed E-state index contributed by atoms with van der Waals surface area (Å²) in [6, 6.07) is 11.7. The van der Waals surface area contributed by atoms with Gasteiger partial charge in [-0.2, -0.15) is 0 Å². The standard InChI is InChI=1S/C24H30N4O4/c1-25-8-9-27(19-12-20(30-2)15-21(13-19)31-3)18-4-5-23-22(14-18)24(29)28(16-26-23)17-6-10-32-11-7-17/h4-5,12-17,25H,6-11H2,1-3H3. The molecule has 8 nitrogen and oxygen atoms in total. The second kappa shape index (κ2) is 10.0. The van der Waals surface area contributed by atoms with Crippen molar-refractivity contribution in [1.82, 2.24) is 14.9 Å². The normalized spacial score (nSPS) is 14.5. The zero-order chi connectivity index (χ0) is 22.5. The van der Waals surface area contributed by atoms with Crippen molar-refractivity contribution in [2.24, 2.45) is 0 Å². The Morgan fingerprint density at radius 3 is 2.47 bits per heavy atom. The Balaban J connectivity index is 1.79. The summed E-state index contributed by atoms with van der Waals surface area (Å²) in [7, 11) is 5.19. The lowest BCUT2D eigenvalue weighted by atomic mass is 10.1. The Kier molecular flexibility index (Phi) is 6.92. The molecule has 0 atom stereocenters. The Hall–Kier alpha value is -3.10. The Morgan fingerprint density at radius 1 is 1.09 bits per heavy atom. The van der Waals surface area contributed by atoms with Gasteiger partial charge in [0.15, 0.2) is 0 Å². The van der Waals surface area contributed by atoms with Crippen molar-refractivity contribution in [3.63, 3.8) is 0 Å². The Morgan fingerprint density at radius 2 is 1.81 bits per heavy atom. The van der Waals surface area contributed by atoms with Crippen LogP contribution in [-0.4, -0.2) is 57.1 Å². The maximum atomic E-state index is 13.4. The summed E-state index contributed by atoms with van der Waals surface area (Å²) in [5.41, 5.74) is 2.51. The average molecular weight is 439 g/mol. The number of methoxy groups -OCH3 is 2. The van der Waals surface area contributed by atoms with E-state index in [4.69, 9.17) is 14.2 Å². The highest BCUT2D eigenvalue weighted by Crippen LogP contribution is 2.33. The van der Waals surface area contributed by atoms with Crippen LogP contribution < -0.4 is 25.2 Å². The first kappa shape index (κ1) is 22.1. The summed E-state index contributed by atoms with van der Waals surface area (Å²) >= 11 is 0. The molecule has 1 aliphatic rings. The number of ether oxygens (including phenoxy) is 3. The molecule has 1 fully saturated rings. The summed E-state index contributed by atoms with van der Waals surface area (Å²) in [5, 5.41) is 3.81. The van der Waals surface area contributed by atoms with E-state index in [1.165, 1.54) is 0 Å². The van der Waals surface area contributed by atoms with Gasteiger partial charge in [-0.05, 0) is 38.1 Å². The van der Waals surface area contributed by atoms with Crippen LogP contribution in [0.1, 0.15) is 18.9 Å². The van der Waals surface area contributed by atoms with Gasteiger partial charge in [-0.15, -0.1) is 0 Å². The van der Waals surface area contributed by atoms with Gasteiger partial charge in [0.25, 0.3) is 5.56 Å². The maximum Gasteiger partial charge on any atom is 0.261 e. The summed E-state index contributed by atoms with van der Waals surface area (Å²) in [6.07, 6.45) is 3.32. The molecule has 4 rings (SSSR count). The molecule has 0 unspecified atom stereocenters. The molecule has 0 radical (unpaired) electrons. The number of fused-ring (bicyclic) bond motifs is 1. The van der Waals surface area contributed by atoms with E-state index < -0.39 is 0 Å². The third-order valence-electron chi connectivity index (χ3n) is 5.90. The highest BCUT2D eigenvalue weighted by molar-refractivity contribution is 5.83. The summed E-state index contributed by atoms with van der Waals surface area (Å²) in [4.78, 5) is 20.1. The van der Waals surface area contributed by atoms with Gasteiger partial charge in [-0.25, -0.2) is 4.98 Å². The molecule has 1 aromatic heterocycles. The van der Waals surface area contributed by atoms with Crippen LogP contribution in [0.3, 0.4) is 0 Å². The van der Waals surface area contributed by atoms with E-state index in [1.807, 2.05) is 43.4 Å². The molecule has 0 spiro atoms. The van der Waals surface area contributed by atoms with Crippen LogP contribution in [0.15, 0.2) is 47.5 Å². The van der Waals surface area contributed by atoms with E-state index in [1.54, 1.807) is 25.1 Å². The van der Waals surface area contributed by atoms with Gasteiger partial charge in [-0.1, -0.05) is 0 Å². The highest BCUT2D eigenvalue weighted by Gasteiger charge is 2.19. The highest BCUT2D eigenvalue weighted by atomic mass is 16.5. The monoisotopic (exact) mass is 438 g/mol. The molecule has 8 heteroatoms. The van der Waals surface area contributed by atoms with E-state index in [0.717, 1.165) is 30.8 Å². The van der Waals surface area contributed by atoms with E-state index in [-0.39, 0.29) is 11.6 Å². The lowest BCUT2D eigenvalue weighted by Gasteiger charge is -2.27. The van der Waals surface area contributed by atoms with Crippen LogP contribution in [0.2, 0.25) is 0 Å². The van der Waals surface area contributed by atoms with Gasteiger partial charge in [0, 0.05) is 61.9 Å². The van der Waals surface area contributed by atoms with Crippen molar-refractivity contribution in [3.05, 3.63) is 53.1 Å². The first-order chi connectivity index (χ1) is 15.6. The lowest BCUT2D eigenvalue weighted by molar-refractivity contribution is 0.0685. The maximum absolute atomic E-state index is 13.4. The zero-order valence-corrected chi connectivity index (χ0v) is 18.8. The number of nitrogens with one attached hydrogen (secondary N) is 1. The fourth-order valence-electron chi connectivity index (χ4n) is 4.09. The molecule has 0 bridgehead atoms. The summed E-state index contributed by atoms with van der Waals surface area (Å²) < 4.78 is 18.1. The molecule has 2 aromatic carbocycles. The lowest BCUT2D eigenvalue weighted by Crippen LogP contribution is -2.30. The topological polar surface area (TPSA) is 77.8 Å². The second-order valence-electron chi connectivity index (χ2n) is 7.83. The van der Waals surface area contributed by atoms with Crippen LogP contribution in [0.4, 0.5) is 11.4 Å². The van der Waals surface area contributed by atoms with Gasteiger partial charge >= 0.3 is 0 Å². The first-order valence-corrected chi connectivity index (χ1v) is 10.9. The number of benzene rings is 2. The minimum absolute atomic E-state index is 0.0134. The number of nitrogens with zero attached hydrogens (tertiary/aromatic N) is 3. The molecule has 32 heavy (non-hydrogen) atoms. The number of likely N-dealkylation sites (N-methyl/N-ethyl adjacent to an activating group) is 1. The van der Waals surface area contributed by atoms with Crippen LogP contribution in [0.5, 0.6) is 11.5 Å². The molecule has 1 saturated heterocycles. The molecule has 0 aliphatic carbocycles. The Labute approximate surface area is 187 Å². The van der Waals surface area contributed by atoms with E-state index in [0.29, 0.717) is 42.2 Å². The smallest absolute Gasteiger partial charge is 0.261 e. The first-order valence-electron chi connectivity index (χ1n) is 10.9. The fourth-order valence-corrected chi connectivity index (χ4v) is 4.09. The van der Waals surface area contributed by atoms with Crippen molar-refractivity contribution >= 4 is 22.3 Å². The molecule has 1 aliphatic heterocycles. The van der Waals surface area contributed by atoms with E-state index in [2.05, 4.69) is 15.2 Å². The van der Waals surface area contributed by atoms with Crippen LogP contribution >= 0.6 is 0 Å². The van der Waals surface area contributed by atoms with E-state index >= 15 is 0 Å². The van der Waals surface area contributed by atoms with Crippen LogP contribution in [0, 0.1) is 0 Å². The minimum atomic E-state index is -0.0134. The number of hydrogen-bond acceptors (Lipinski definition) is 7. The van der Waals surface area contributed by atoms with Gasteiger partial charge in [0.1, 0.15) is 11.5 Å². The Bertz CT molecular complexity index is 1100. The number of hydrogen-bond donors (Lipinski definition) is 1. The fraction of sp³-hybridized carbons (Fsp3) is 0.417. The summed E-state index contributed by atoms with van der Waals surface area (Å²) in [5.74, 6) is 1.41. The molecule has 170 valence electrons. The van der Waals surface area contributed by atoms with Crippen molar-refractivity contribution < 1.29 is 14.2 Å². The molecule has 3 aromatic rings. The predicted octanol–water partition coefficient (Wildman–Crippen LogP) is 3.12. The molecule has 0 amide bonds. The molecule has 2 heterocycles. The van der Waals surface area contributed by atoms with Crippen molar-refractivity contribution in [2.75, 3.05) is 52.5 Å². The minimum Gasteiger partial charge on any atom is -0.497 e. The number of anilines is 2. The molecular formula is C24H30N4O4. The van der Waals surface area contributed by atoms with Gasteiger partial charge in [0.2, 0.25) is 0 Å². The average Bonchev–Trinajstić information content (AvgIpc) is 2.85. The van der Waals surface area contributed by atoms with Crippen molar-refractivity contribution in [2.45, 2.75) is 18.9 Å². The third-order valence-corrected chi connectivity index (χ3v) is 5.90. The predicted molar refractivity (Wildman–Crippen MR) is 126 cm³/mol. The third kappa shape index (κ3) is 4.56. The van der Waals surface area contributed by atoms with Crippen molar-refractivity contribution in [1.29, 1.82) is 0 Å². The largest absolute Gasteiger partial charge is 0.497 e. The van der Waals surface area contributed by atoms with Crippen LogP contribution in [0.25, 0.3) is 10.9 Å². The quantitative estimate of drug-likeness (QED) is 0.579. The zero-order valence-electron chi connectivity index (χ0n) is 18.8. The molecule has 0 saturated carbocycles. The second-order valence-corrected chi connectivity index (χ2v) is 7.83. The SMILES string of the molecule is CNCCN(c1cc(OC)cc(OC)c1)c1ccc2ncn(C3CCOCC3)c(=O)c2c1. The van der Waals surface area contributed by atoms with Crippen molar-refractivity contribution in [3.8, 4) is 11.5 Å². The summed E-state index contributed by atoms with van der Waals surface area (Å²) in [6.45, 7) is 2.80. The molecule has 1 N–H and O–H groups in total. The van der Waals surface area contributed by atoms with Gasteiger partial charge in [0.05, 0.1) is 31.4 Å². The van der Waals surface area contributed by atoms with E-state index in [9.17, 15) is 4.79 Å². The molecular weight excluding hydrogens is 408 g/mol.